The van der Waals surface area contributed by atoms with E-state index in [4.69, 9.17) is 24.7 Å². The van der Waals surface area contributed by atoms with Crippen molar-refractivity contribution < 1.29 is 33.3 Å². The van der Waals surface area contributed by atoms with E-state index in [1.807, 2.05) is 30.3 Å². The summed E-state index contributed by atoms with van der Waals surface area (Å²) in [4.78, 5) is 37.3. The Balaban J connectivity index is 2.03. The Bertz CT molecular complexity index is 977. The molecule has 0 amide bonds. The molecule has 35 heavy (non-hydrogen) atoms. The van der Waals surface area contributed by atoms with Crippen LogP contribution < -0.4 is 15.2 Å². The molecular formula is C27H35NO7. The molecule has 8 nitrogen and oxygen atoms in total. The van der Waals surface area contributed by atoms with E-state index in [9.17, 15) is 14.4 Å². The van der Waals surface area contributed by atoms with Crippen LogP contribution in [0.25, 0.3) is 0 Å². The Kier molecular flexibility index (Phi) is 11.2. The minimum absolute atomic E-state index is 0.0638. The largest absolute Gasteiger partial charge is 0.493 e. The lowest BCUT2D eigenvalue weighted by Gasteiger charge is -2.27. The van der Waals surface area contributed by atoms with Crippen LogP contribution in [-0.2, 0) is 25.7 Å². The lowest BCUT2D eigenvalue weighted by atomic mass is 9.78. The lowest BCUT2D eigenvalue weighted by Crippen LogP contribution is -2.29. The van der Waals surface area contributed by atoms with Crippen LogP contribution in [0.2, 0.25) is 0 Å². The number of benzene rings is 2. The summed E-state index contributed by atoms with van der Waals surface area (Å²) < 4.78 is 21.3. The van der Waals surface area contributed by atoms with Crippen LogP contribution in [0.15, 0.2) is 42.5 Å². The normalized spacial score (nSPS) is 12.4. The summed E-state index contributed by atoms with van der Waals surface area (Å²) in [6, 6.07) is 12.8. The highest BCUT2D eigenvalue weighted by molar-refractivity contribution is 6.01. The summed E-state index contributed by atoms with van der Waals surface area (Å²) >= 11 is 0. The molecule has 0 aliphatic carbocycles. The molecule has 190 valence electrons. The van der Waals surface area contributed by atoms with Gasteiger partial charge in [0.15, 0.2) is 17.3 Å². The molecule has 2 aromatic carbocycles. The minimum Gasteiger partial charge on any atom is -0.493 e. The van der Waals surface area contributed by atoms with E-state index in [-0.39, 0.29) is 30.9 Å². The maximum atomic E-state index is 12.9. The molecule has 0 radical (unpaired) electrons. The van der Waals surface area contributed by atoms with Crippen molar-refractivity contribution in [3.8, 4) is 11.5 Å². The number of esters is 1. The molecule has 8 heteroatoms. The summed E-state index contributed by atoms with van der Waals surface area (Å²) in [7, 11) is 2.97. The first-order valence-electron chi connectivity index (χ1n) is 11.7. The van der Waals surface area contributed by atoms with E-state index in [2.05, 4.69) is 0 Å². The highest BCUT2D eigenvalue weighted by atomic mass is 16.5. The molecule has 2 aromatic rings. The monoisotopic (exact) mass is 485 g/mol. The Morgan fingerprint density at radius 1 is 1.03 bits per heavy atom. The van der Waals surface area contributed by atoms with E-state index in [1.165, 1.54) is 14.2 Å². The molecule has 2 rings (SSSR count). The summed E-state index contributed by atoms with van der Waals surface area (Å²) in [5.74, 6) is 0.217. The van der Waals surface area contributed by atoms with Crippen molar-refractivity contribution in [2.75, 3.05) is 33.2 Å². The smallest absolute Gasteiger partial charge is 0.306 e. The van der Waals surface area contributed by atoms with Crippen LogP contribution in [0.3, 0.4) is 0 Å². The third-order valence-corrected chi connectivity index (χ3v) is 5.84. The van der Waals surface area contributed by atoms with Gasteiger partial charge in [-0.1, -0.05) is 30.3 Å². The number of aldehydes is 1. The van der Waals surface area contributed by atoms with Crippen molar-refractivity contribution in [1.82, 2.24) is 0 Å². The molecule has 0 aliphatic heterocycles. The molecule has 0 aliphatic rings. The second-order valence-electron chi connectivity index (χ2n) is 8.32. The van der Waals surface area contributed by atoms with Gasteiger partial charge in [0.25, 0.3) is 0 Å². The number of hydrogen-bond acceptors (Lipinski definition) is 8. The Morgan fingerprint density at radius 2 is 1.71 bits per heavy atom. The van der Waals surface area contributed by atoms with Gasteiger partial charge in [0.05, 0.1) is 33.9 Å². The van der Waals surface area contributed by atoms with Gasteiger partial charge in [-0.05, 0) is 37.8 Å². The second kappa shape index (κ2) is 14.1. The van der Waals surface area contributed by atoms with Gasteiger partial charge < -0.3 is 29.5 Å². The van der Waals surface area contributed by atoms with Crippen molar-refractivity contribution >= 4 is 23.7 Å². The van der Waals surface area contributed by atoms with Crippen LogP contribution in [0.5, 0.6) is 11.5 Å². The van der Waals surface area contributed by atoms with Gasteiger partial charge in [0.1, 0.15) is 6.29 Å². The first-order valence-corrected chi connectivity index (χ1v) is 11.7. The number of nitrogen functional groups attached to an aromatic ring is 1. The molecule has 0 saturated carbocycles. The van der Waals surface area contributed by atoms with E-state index in [0.29, 0.717) is 49.5 Å². The summed E-state index contributed by atoms with van der Waals surface area (Å²) in [5, 5.41) is 0. The van der Waals surface area contributed by atoms with E-state index in [1.54, 1.807) is 19.1 Å². The number of nitrogens with two attached hydrogens (primary N) is 1. The zero-order valence-electron chi connectivity index (χ0n) is 20.7. The van der Waals surface area contributed by atoms with Gasteiger partial charge in [-0.15, -0.1) is 0 Å². The molecule has 0 heterocycles. The molecule has 1 unspecified atom stereocenters. The van der Waals surface area contributed by atoms with Crippen molar-refractivity contribution in [3.63, 3.8) is 0 Å². The van der Waals surface area contributed by atoms with E-state index in [0.717, 1.165) is 11.8 Å². The molecule has 1 atom stereocenters. The molecule has 0 saturated heterocycles. The molecule has 0 aromatic heterocycles. The number of carbonyl (C=O) groups excluding carboxylic acids is 3. The third kappa shape index (κ3) is 8.40. The van der Waals surface area contributed by atoms with Crippen LogP contribution in [-0.4, -0.2) is 45.5 Å². The summed E-state index contributed by atoms with van der Waals surface area (Å²) in [5.41, 5.74) is 6.70. The standard InChI is InChI=1S/C27H35NO7/c1-4-35-26(31)17-27(19-29,13-14-34-18-20-9-6-5-7-10-20)12-8-11-23(30)21-15-24(32-2)25(33-3)16-22(21)28/h5-7,9-10,15-16,19H,4,8,11-14,17-18,28H2,1-3H3. The van der Waals surface area contributed by atoms with Crippen LogP contribution in [0, 0.1) is 5.41 Å². The predicted molar refractivity (Wildman–Crippen MR) is 133 cm³/mol. The highest BCUT2D eigenvalue weighted by Crippen LogP contribution is 2.34. The SMILES string of the molecule is CCOC(=O)CC(C=O)(CCCC(=O)c1cc(OC)c(OC)cc1N)CCOCc1ccccc1. The average molecular weight is 486 g/mol. The fourth-order valence-corrected chi connectivity index (χ4v) is 3.87. The Hall–Kier alpha value is -3.39. The molecule has 0 spiro atoms. The Morgan fingerprint density at radius 3 is 2.34 bits per heavy atom. The van der Waals surface area contributed by atoms with Crippen molar-refractivity contribution in [3.05, 3.63) is 53.6 Å². The molecule has 0 bridgehead atoms. The van der Waals surface area contributed by atoms with Crippen LogP contribution in [0.4, 0.5) is 5.69 Å². The summed E-state index contributed by atoms with van der Waals surface area (Å²) in [6.45, 7) is 2.65. The fraction of sp³-hybridized carbons (Fsp3) is 0.444. The number of ether oxygens (including phenoxy) is 4. The van der Waals surface area contributed by atoms with E-state index >= 15 is 0 Å². The van der Waals surface area contributed by atoms with Gasteiger partial charge in [-0.3, -0.25) is 9.59 Å². The number of rotatable bonds is 16. The molecular weight excluding hydrogens is 450 g/mol. The van der Waals surface area contributed by atoms with Crippen LogP contribution >= 0.6 is 0 Å². The number of anilines is 1. The minimum atomic E-state index is -0.980. The number of ketones is 1. The van der Waals surface area contributed by atoms with Gasteiger partial charge in [0.2, 0.25) is 0 Å². The maximum Gasteiger partial charge on any atom is 0.306 e. The van der Waals surface area contributed by atoms with Gasteiger partial charge in [-0.2, -0.15) is 0 Å². The van der Waals surface area contributed by atoms with Gasteiger partial charge in [-0.25, -0.2) is 0 Å². The number of Topliss-reactive ketones (excluding diaryl/α,β-unsaturated/α-hetero) is 1. The predicted octanol–water partition coefficient (Wildman–Crippen LogP) is 4.38. The van der Waals surface area contributed by atoms with Crippen LogP contribution in [0.1, 0.15) is 54.9 Å². The quantitative estimate of drug-likeness (QED) is 0.122. The topological polar surface area (TPSA) is 114 Å². The zero-order chi connectivity index (χ0) is 25.7. The van der Waals surface area contributed by atoms with Crippen molar-refractivity contribution in [2.24, 2.45) is 5.41 Å². The number of methoxy groups -OCH3 is 2. The van der Waals surface area contributed by atoms with E-state index < -0.39 is 11.4 Å². The molecule has 0 fully saturated rings. The molecule has 2 N–H and O–H groups in total. The van der Waals surface area contributed by atoms with Gasteiger partial charge in [0, 0.05) is 35.8 Å². The van der Waals surface area contributed by atoms with Gasteiger partial charge >= 0.3 is 5.97 Å². The Labute approximate surface area is 206 Å². The average Bonchev–Trinajstić information content (AvgIpc) is 2.86. The number of carbonyl (C=O) groups is 3. The third-order valence-electron chi connectivity index (χ3n) is 5.84. The first kappa shape index (κ1) is 27.9. The van der Waals surface area contributed by atoms with Crippen molar-refractivity contribution in [2.45, 2.75) is 45.6 Å². The highest BCUT2D eigenvalue weighted by Gasteiger charge is 2.33. The lowest BCUT2D eigenvalue weighted by molar-refractivity contribution is -0.148. The second-order valence-corrected chi connectivity index (χ2v) is 8.32. The summed E-state index contributed by atoms with van der Waals surface area (Å²) in [6.07, 6.45) is 1.96. The van der Waals surface area contributed by atoms with Crippen molar-refractivity contribution in [1.29, 1.82) is 0 Å². The number of hydrogen-bond donors (Lipinski definition) is 1. The maximum absolute atomic E-state index is 12.9. The zero-order valence-corrected chi connectivity index (χ0v) is 20.7. The first-order chi connectivity index (χ1) is 16.9. The fourth-order valence-electron chi connectivity index (χ4n) is 3.87.